The first-order chi connectivity index (χ1) is 6.58. The van der Waals surface area contributed by atoms with E-state index in [4.69, 9.17) is 10.5 Å². The van der Waals surface area contributed by atoms with E-state index in [1.807, 2.05) is 0 Å². The fourth-order valence-corrected chi connectivity index (χ4v) is 1.89. The van der Waals surface area contributed by atoms with Gasteiger partial charge in [0, 0.05) is 13.7 Å². The van der Waals surface area contributed by atoms with Crippen LogP contribution in [0.15, 0.2) is 11.1 Å². The zero-order chi connectivity index (χ0) is 10.6. The highest BCUT2D eigenvalue weighted by atomic mass is 32.2. The maximum atomic E-state index is 11.5. The van der Waals surface area contributed by atoms with Gasteiger partial charge < -0.3 is 10.5 Å². The summed E-state index contributed by atoms with van der Waals surface area (Å²) in [7, 11) is -2.08. The number of aromatic nitrogens is 2. The molecule has 80 valence electrons. The van der Waals surface area contributed by atoms with Crippen molar-refractivity contribution in [2.75, 3.05) is 26.0 Å². The van der Waals surface area contributed by atoms with E-state index in [9.17, 15) is 8.42 Å². The van der Waals surface area contributed by atoms with Crippen LogP contribution in [-0.4, -0.2) is 38.9 Å². The Morgan fingerprint density at radius 2 is 2.43 bits per heavy atom. The molecule has 0 aromatic carbocycles. The number of anilines is 1. The maximum Gasteiger partial charge on any atom is 0.245 e. The third-order valence-corrected chi connectivity index (χ3v) is 3.01. The summed E-state index contributed by atoms with van der Waals surface area (Å²) in [6.45, 7) is 0.500. The van der Waals surface area contributed by atoms with Gasteiger partial charge >= 0.3 is 0 Å². The molecule has 0 radical (unpaired) electrons. The number of methoxy groups -OCH3 is 1. The van der Waals surface area contributed by atoms with E-state index in [2.05, 4.69) is 14.9 Å². The number of hydrogen-bond acceptors (Lipinski definition) is 5. The maximum absolute atomic E-state index is 11.5. The molecule has 0 spiro atoms. The van der Waals surface area contributed by atoms with Gasteiger partial charge in [0.25, 0.3) is 0 Å². The first-order valence-electron chi connectivity index (χ1n) is 3.85. The number of sulfonamides is 1. The standard InChI is InChI=1S/C6H12N4O3S/c1-13-3-2-9-14(11,12)5-4-8-10-6(5)7/h4,9H,2-3H2,1H3,(H3,7,8,10). The monoisotopic (exact) mass is 220 g/mol. The molecule has 7 nitrogen and oxygen atoms in total. The van der Waals surface area contributed by atoms with Gasteiger partial charge in [-0.1, -0.05) is 0 Å². The van der Waals surface area contributed by atoms with Crippen LogP contribution in [0.4, 0.5) is 5.82 Å². The summed E-state index contributed by atoms with van der Waals surface area (Å²) in [5.74, 6) is 0.0231. The fraction of sp³-hybridized carbons (Fsp3) is 0.500. The number of nitrogens with two attached hydrogens (primary N) is 1. The normalized spacial score (nSPS) is 11.8. The number of nitrogen functional groups attached to an aromatic ring is 1. The molecule has 1 rings (SSSR count). The van der Waals surface area contributed by atoms with E-state index in [0.29, 0.717) is 6.61 Å². The van der Waals surface area contributed by atoms with Crippen LogP contribution in [-0.2, 0) is 14.8 Å². The second-order valence-corrected chi connectivity index (χ2v) is 4.27. The number of rotatable bonds is 5. The van der Waals surface area contributed by atoms with Crippen molar-refractivity contribution in [3.63, 3.8) is 0 Å². The predicted molar refractivity (Wildman–Crippen MR) is 50.1 cm³/mol. The highest BCUT2D eigenvalue weighted by Gasteiger charge is 2.18. The van der Waals surface area contributed by atoms with Crippen LogP contribution in [0.5, 0.6) is 0 Å². The highest BCUT2D eigenvalue weighted by molar-refractivity contribution is 7.89. The topological polar surface area (TPSA) is 110 Å². The second kappa shape index (κ2) is 4.40. The number of ether oxygens (including phenoxy) is 1. The van der Waals surface area contributed by atoms with Gasteiger partial charge in [-0.25, -0.2) is 13.1 Å². The Morgan fingerprint density at radius 1 is 1.71 bits per heavy atom. The van der Waals surface area contributed by atoms with E-state index in [-0.39, 0.29) is 17.3 Å². The van der Waals surface area contributed by atoms with E-state index in [0.717, 1.165) is 6.20 Å². The van der Waals surface area contributed by atoms with Crippen molar-refractivity contribution in [2.24, 2.45) is 0 Å². The molecule has 0 bridgehead atoms. The summed E-state index contributed by atoms with van der Waals surface area (Å²) in [5, 5.41) is 5.86. The summed E-state index contributed by atoms with van der Waals surface area (Å²) < 4.78 is 30.0. The van der Waals surface area contributed by atoms with Crippen molar-refractivity contribution in [1.82, 2.24) is 14.9 Å². The van der Waals surface area contributed by atoms with Gasteiger partial charge in [-0.2, -0.15) is 5.10 Å². The Kier molecular flexibility index (Phi) is 3.44. The van der Waals surface area contributed by atoms with Gasteiger partial charge in [0.15, 0.2) is 0 Å². The molecule has 1 aromatic heterocycles. The zero-order valence-electron chi connectivity index (χ0n) is 7.65. The summed E-state index contributed by atoms with van der Waals surface area (Å²) in [4.78, 5) is -0.0476. The molecule has 0 amide bonds. The molecule has 0 aliphatic heterocycles. The minimum absolute atomic E-state index is 0.0231. The lowest BCUT2D eigenvalue weighted by Gasteiger charge is -2.03. The molecule has 0 aliphatic rings. The third kappa shape index (κ3) is 2.44. The van der Waals surface area contributed by atoms with Gasteiger partial charge in [0.2, 0.25) is 10.0 Å². The number of H-pyrrole nitrogens is 1. The second-order valence-electron chi connectivity index (χ2n) is 2.54. The molecule has 0 saturated heterocycles. The van der Waals surface area contributed by atoms with Gasteiger partial charge in [0.05, 0.1) is 12.8 Å². The van der Waals surface area contributed by atoms with Crippen molar-refractivity contribution >= 4 is 15.8 Å². The predicted octanol–water partition coefficient (Wildman–Crippen LogP) is -1.08. The zero-order valence-corrected chi connectivity index (χ0v) is 8.47. The van der Waals surface area contributed by atoms with Gasteiger partial charge in [-0.3, -0.25) is 5.10 Å². The SMILES string of the molecule is COCCNS(=O)(=O)c1cn[nH]c1N. The molecule has 0 atom stereocenters. The van der Waals surface area contributed by atoms with Gasteiger partial charge in [0.1, 0.15) is 10.7 Å². The Bertz CT molecular complexity index is 386. The molecule has 0 fully saturated rings. The van der Waals surface area contributed by atoms with E-state index >= 15 is 0 Å². The molecule has 1 heterocycles. The first-order valence-corrected chi connectivity index (χ1v) is 5.33. The average Bonchev–Trinajstić information content (AvgIpc) is 2.52. The molecular weight excluding hydrogens is 208 g/mol. The van der Waals surface area contributed by atoms with Crippen LogP contribution in [0, 0.1) is 0 Å². The lowest BCUT2D eigenvalue weighted by atomic mass is 10.7. The van der Waals surface area contributed by atoms with Crippen molar-refractivity contribution < 1.29 is 13.2 Å². The lowest BCUT2D eigenvalue weighted by molar-refractivity contribution is 0.204. The molecule has 4 N–H and O–H groups in total. The summed E-state index contributed by atoms with van der Waals surface area (Å²) >= 11 is 0. The van der Waals surface area contributed by atoms with Crippen LogP contribution in [0.2, 0.25) is 0 Å². The Labute approximate surface area is 81.7 Å². The summed E-state index contributed by atoms with van der Waals surface area (Å²) in [6.07, 6.45) is 1.16. The Morgan fingerprint density at radius 3 is 2.93 bits per heavy atom. The van der Waals surface area contributed by atoms with Crippen LogP contribution in [0.3, 0.4) is 0 Å². The van der Waals surface area contributed by atoms with Crippen LogP contribution in [0.25, 0.3) is 0 Å². The van der Waals surface area contributed by atoms with Crippen LogP contribution in [0.1, 0.15) is 0 Å². The molecule has 0 aliphatic carbocycles. The fourth-order valence-electron chi connectivity index (χ4n) is 0.855. The molecule has 8 heteroatoms. The number of hydrogen-bond donors (Lipinski definition) is 3. The van der Waals surface area contributed by atoms with Crippen LogP contribution < -0.4 is 10.5 Å². The number of nitrogens with zero attached hydrogens (tertiary/aromatic N) is 1. The molecule has 1 aromatic rings. The molecule has 14 heavy (non-hydrogen) atoms. The van der Waals surface area contributed by atoms with Crippen molar-refractivity contribution in [3.8, 4) is 0 Å². The number of aromatic amines is 1. The van der Waals surface area contributed by atoms with Gasteiger partial charge in [-0.15, -0.1) is 0 Å². The van der Waals surface area contributed by atoms with Crippen molar-refractivity contribution in [1.29, 1.82) is 0 Å². The third-order valence-electron chi connectivity index (χ3n) is 1.52. The Balaban J connectivity index is 2.72. The largest absolute Gasteiger partial charge is 0.383 e. The quantitative estimate of drug-likeness (QED) is 0.546. The van der Waals surface area contributed by atoms with Crippen LogP contribution >= 0.6 is 0 Å². The minimum Gasteiger partial charge on any atom is -0.383 e. The molecule has 0 unspecified atom stereocenters. The first kappa shape index (κ1) is 11.0. The van der Waals surface area contributed by atoms with E-state index < -0.39 is 10.0 Å². The molecule has 0 saturated carbocycles. The van der Waals surface area contributed by atoms with Crippen molar-refractivity contribution in [3.05, 3.63) is 6.20 Å². The Hall–Kier alpha value is -1.12. The molecular formula is C6H12N4O3S. The highest BCUT2D eigenvalue weighted by Crippen LogP contribution is 2.12. The van der Waals surface area contributed by atoms with E-state index in [1.54, 1.807) is 0 Å². The average molecular weight is 220 g/mol. The van der Waals surface area contributed by atoms with E-state index in [1.165, 1.54) is 7.11 Å². The lowest BCUT2D eigenvalue weighted by Crippen LogP contribution is -2.27. The summed E-state index contributed by atoms with van der Waals surface area (Å²) in [5.41, 5.74) is 5.36. The van der Waals surface area contributed by atoms with Crippen molar-refractivity contribution in [2.45, 2.75) is 4.90 Å². The van der Waals surface area contributed by atoms with Gasteiger partial charge in [-0.05, 0) is 0 Å². The number of nitrogens with one attached hydrogen (secondary N) is 2. The minimum atomic E-state index is -3.57. The smallest absolute Gasteiger partial charge is 0.245 e. The summed E-state index contributed by atoms with van der Waals surface area (Å²) in [6, 6.07) is 0.